The smallest absolute Gasteiger partial charge is 0.249 e. The maximum absolute atomic E-state index is 12.7. The molecular weight excluding hydrogens is 422 g/mol. The van der Waals surface area contributed by atoms with Crippen LogP contribution in [0.1, 0.15) is 49.7 Å². The quantitative estimate of drug-likeness (QED) is 0.307. The number of nitrogens with one attached hydrogen (secondary N) is 2. The Kier molecular flexibility index (Phi) is 8.29. The van der Waals surface area contributed by atoms with Gasteiger partial charge in [0, 0.05) is 5.54 Å². The minimum atomic E-state index is -0.486. The first-order valence-corrected chi connectivity index (χ1v) is 11.1. The van der Waals surface area contributed by atoms with E-state index in [1.807, 2.05) is 12.1 Å². The van der Waals surface area contributed by atoms with Crippen LogP contribution in [0, 0.1) is 0 Å². The van der Waals surface area contributed by atoms with Crippen LogP contribution in [-0.4, -0.2) is 42.9 Å². The number of hydrazone groups is 1. The van der Waals surface area contributed by atoms with Gasteiger partial charge in [0.1, 0.15) is 12.2 Å². The van der Waals surface area contributed by atoms with E-state index in [1.165, 1.54) is 6.21 Å². The van der Waals surface area contributed by atoms with Crippen molar-refractivity contribution in [2.75, 3.05) is 14.2 Å². The molecule has 3 rings (SSSR count). The number of phenols is 1. The van der Waals surface area contributed by atoms with Crippen molar-refractivity contribution in [3.05, 3.63) is 53.6 Å². The van der Waals surface area contributed by atoms with Crippen molar-refractivity contribution in [1.82, 2.24) is 10.7 Å². The summed E-state index contributed by atoms with van der Waals surface area (Å²) < 4.78 is 10.4. The average molecular weight is 454 g/mol. The summed E-state index contributed by atoms with van der Waals surface area (Å²) in [5, 5.41) is 16.6. The number of carbonyl (C=O) groups is 2. The molecule has 1 aliphatic rings. The van der Waals surface area contributed by atoms with Crippen LogP contribution in [0.4, 0.5) is 0 Å². The Morgan fingerprint density at radius 3 is 2.36 bits per heavy atom. The van der Waals surface area contributed by atoms with E-state index in [0.717, 1.165) is 37.7 Å². The first-order valence-electron chi connectivity index (χ1n) is 11.1. The first-order chi connectivity index (χ1) is 15.9. The zero-order chi connectivity index (χ0) is 23.7. The molecule has 2 aromatic rings. The molecule has 0 atom stereocenters. The molecule has 0 spiro atoms. The largest absolute Gasteiger partial charge is 0.508 e. The highest BCUT2D eigenvalue weighted by Crippen LogP contribution is 2.32. The van der Waals surface area contributed by atoms with E-state index in [4.69, 9.17) is 9.47 Å². The molecule has 8 nitrogen and oxygen atoms in total. The Balaban J connectivity index is 1.56. The van der Waals surface area contributed by atoms with Crippen LogP contribution in [0.3, 0.4) is 0 Å². The molecule has 3 N–H and O–H groups in total. The Bertz CT molecular complexity index is 982. The van der Waals surface area contributed by atoms with E-state index in [-0.39, 0.29) is 23.6 Å². The van der Waals surface area contributed by atoms with Gasteiger partial charge in [0.2, 0.25) is 11.8 Å². The molecule has 0 bridgehead atoms. The molecular formula is C25H31N3O5. The fourth-order valence-corrected chi connectivity index (χ4v) is 4.22. The Morgan fingerprint density at radius 1 is 1.00 bits per heavy atom. The maximum atomic E-state index is 12.7. The Hall–Kier alpha value is -3.55. The zero-order valence-corrected chi connectivity index (χ0v) is 19.1. The molecule has 0 aliphatic heterocycles. The normalized spacial score (nSPS) is 15.1. The van der Waals surface area contributed by atoms with E-state index in [9.17, 15) is 14.7 Å². The van der Waals surface area contributed by atoms with E-state index < -0.39 is 5.91 Å². The molecule has 1 saturated carbocycles. The third-order valence-corrected chi connectivity index (χ3v) is 5.83. The molecule has 0 heterocycles. The van der Waals surface area contributed by atoms with Gasteiger partial charge in [0.25, 0.3) is 0 Å². The minimum Gasteiger partial charge on any atom is -0.508 e. The van der Waals surface area contributed by atoms with Gasteiger partial charge in [-0.2, -0.15) is 5.10 Å². The molecule has 1 aliphatic carbocycles. The lowest BCUT2D eigenvalue weighted by atomic mass is 9.77. The van der Waals surface area contributed by atoms with Gasteiger partial charge in [-0.25, -0.2) is 5.43 Å². The average Bonchev–Trinajstić information content (AvgIpc) is 2.80. The van der Waals surface area contributed by atoms with Crippen LogP contribution in [-0.2, 0) is 16.0 Å². The molecule has 176 valence electrons. The number of aromatic hydroxyl groups is 1. The van der Waals surface area contributed by atoms with Crippen molar-refractivity contribution < 1.29 is 24.2 Å². The number of amides is 2. The van der Waals surface area contributed by atoms with Gasteiger partial charge in [0.15, 0.2) is 11.5 Å². The minimum absolute atomic E-state index is 0.214. The van der Waals surface area contributed by atoms with Crippen molar-refractivity contribution in [2.45, 2.75) is 50.5 Å². The Labute approximate surface area is 194 Å². The summed E-state index contributed by atoms with van der Waals surface area (Å²) in [6, 6.07) is 12.3. The summed E-state index contributed by atoms with van der Waals surface area (Å²) in [6.07, 6.45) is 6.75. The molecule has 0 aromatic heterocycles. The molecule has 0 unspecified atom stereocenters. The predicted molar refractivity (Wildman–Crippen MR) is 126 cm³/mol. The topological polar surface area (TPSA) is 109 Å². The van der Waals surface area contributed by atoms with E-state index in [0.29, 0.717) is 23.5 Å². The van der Waals surface area contributed by atoms with Crippen LogP contribution >= 0.6 is 0 Å². The van der Waals surface area contributed by atoms with Crippen LogP contribution in [0.15, 0.2) is 47.6 Å². The van der Waals surface area contributed by atoms with Crippen LogP contribution in [0.25, 0.3) is 0 Å². The predicted octanol–water partition coefficient (Wildman–Crippen LogP) is 3.31. The van der Waals surface area contributed by atoms with Gasteiger partial charge in [-0.05, 0) is 60.7 Å². The van der Waals surface area contributed by atoms with Crippen molar-refractivity contribution >= 4 is 18.0 Å². The number of benzene rings is 2. The second kappa shape index (κ2) is 11.4. The third kappa shape index (κ3) is 6.97. The molecule has 0 radical (unpaired) electrons. The van der Waals surface area contributed by atoms with E-state index in [1.54, 1.807) is 44.6 Å². The van der Waals surface area contributed by atoms with E-state index >= 15 is 0 Å². The lowest BCUT2D eigenvalue weighted by Crippen LogP contribution is -2.52. The summed E-state index contributed by atoms with van der Waals surface area (Å²) >= 11 is 0. The monoisotopic (exact) mass is 453 g/mol. The number of nitrogens with zero attached hydrogens (tertiary/aromatic N) is 1. The highest BCUT2D eigenvalue weighted by atomic mass is 16.5. The van der Waals surface area contributed by atoms with Gasteiger partial charge in [-0.15, -0.1) is 0 Å². The number of phenolic OH excluding ortho intramolecular Hbond substituents is 1. The summed E-state index contributed by atoms with van der Waals surface area (Å²) in [5.74, 6) is 0.554. The molecule has 2 amide bonds. The lowest BCUT2D eigenvalue weighted by molar-refractivity contribution is -0.130. The van der Waals surface area contributed by atoms with Crippen molar-refractivity contribution in [3.8, 4) is 17.2 Å². The first kappa shape index (κ1) is 24.1. The number of carbonyl (C=O) groups excluding carboxylic acids is 2. The zero-order valence-electron chi connectivity index (χ0n) is 19.1. The van der Waals surface area contributed by atoms with Crippen LogP contribution in [0.5, 0.6) is 17.2 Å². The second-order valence-corrected chi connectivity index (χ2v) is 8.32. The van der Waals surface area contributed by atoms with Gasteiger partial charge >= 0.3 is 0 Å². The van der Waals surface area contributed by atoms with Crippen molar-refractivity contribution in [1.29, 1.82) is 0 Å². The Morgan fingerprint density at radius 2 is 1.70 bits per heavy atom. The third-order valence-electron chi connectivity index (χ3n) is 5.83. The van der Waals surface area contributed by atoms with Gasteiger partial charge in [-0.3, -0.25) is 9.59 Å². The van der Waals surface area contributed by atoms with Crippen LogP contribution < -0.4 is 20.2 Å². The standard InChI is InChI=1S/C25H31N3O5/c1-32-21-11-8-19(14-22(21)33-2)17-26-28-24(31)15-23(30)27-25(12-4-3-5-13-25)16-18-6-9-20(29)10-7-18/h6-11,14,17,29H,3-5,12-13,15-16H2,1-2H3,(H,27,30)(H,28,31)/b26-17-. The van der Waals surface area contributed by atoms with Crippen molar-refractivity contribution in [2.24, 2.45) is 5.10 Å². The molecule has 33 heavy (non-hydrogen) atoms. The van der Waals surface area contributed by atoms with Gasteiger partial charge in [0.05, 0.1) is 20.4 Å². The summed E-state index contributed by atoms with van der Waals surface area (Å²) in [6.45, 7) is 0. The van der Waals surface area contributed by atoms with Crippen molar-refractivity contribution in [3.63, 3.8) is 0 Å². The van der Waals surface area contributed by atoms with Crippen LogP contribution in [0.2, 0.25) is 0 Å². The number of hydrogen-bond acceptors (Lipinski definition) is 6. The maximum Gasteiger partial charge on any atom is 0.249 e. The fourth-order valence-electron chi connectivity index (χ4n) is 4.22. The highest BCUT2D eigenvalue weighted by molar-refractivity contribution is 5.97. The molecule has 1 fully saturated rings. The fraction of sp³-hybridized carbons (Fsp3) is 0.400. The number of hydrogen-bond donors (Lipinski definition) is 3. The summed E-state index contributed by atoms with van der Waals surface area (Å²) in [7, 11) is 3.10. The number of rotatable bonds is 9. The highest BCUT2D eigenvalue weighted by Gasteiger charge is 2.34. The molecule has 0 saturated heterocycles. The SMILES string of the molecule is COc1ccc(/C=N\NC(=O)CC(=O)NC2(Cc3ccc(O)cc3)CCCCC2)cc1OC. The second-order valence-electron chi connectivity index (χ2n) is 8.32. The van der Waals surface area contributed by atoms with Gasteiger partial charge in [-0.1, -0.05) is 31.4 Å². The molecule has 2 aromatic carbocycles. The molecule has 8 heteroatoms. The van der Waals surface area contributed by atoms with E-state index in [2.05, 4.69) is 15.8 Å². The summed E-state index contributed by atoms with van der Waals surface area (Å²) in [5.41, 5.74) is 3.78. The lowest BCUT2D eigenvalue weighted by Gasteiger charge is -2.38. The number of methoxy groups -OCH3 is 2. The summed E-state index contributed by atoms with van der Waals surface area (Å²) in [4.78, 5) is 24.9. The number of ether oxygens (including phenoxy) is 2. The van der Waals surface area contributed by atoms with Gasteiger partial charge < -0.3 is 19.9 Å².